The molecule has 0 bridgehead atoms. The summed E-state index contributed by atoms with van der Waals surface area (Å²) in [5, 5.41) is 0. The summed E-state index contributed by atoms with van der Waals surface area (Å²) in [6, 6.07) is 22.2. The number of benzene rings is 3. The van der Waals surface area contributed by atoms with Crippen LogP contribution in [0.5, 0.6) is 5.75 Å². The van der Waals surface area contributed by atoms with E-state index in [4.69, 9.17) is 4.74 Å². The lowest BCUT2D eigenvalue weighted by molar-refractivity contribution is -0.121. The number of carbonyl (C=O) groups excluding carboxylic acids is 2. The average Bonchev–Trinajstić information content (AvgIpc) is 2.86. The Kier molecular flexibility index (Phi) is 8.78. The molecule has 3 rings (SSSR count). The van der Waals surface area contributed by atoms with E-state index in [0.717, 1.165) is 16.9 Å². The predicted octanol–water partition coefficient (Wildman–Crippen LogP) is 2.96. The molecule has 34 heavy (non-hydrogen) atoms. The number of hydrogen-bond donors (Lipinski definition) is 3. The molecule has 9 heteroatoms. The standard InChI is InChI=1S/C25H27N3O5S/c1-2-33-23-14-7-6-11-20(23)15-16-24(29)27-28-25(30)21-12-8-13-22(17-21)34(31,32)26-18-19-9-4-3-5-10-19/h3-14,17,26H,2,15-16,18H2,1H3,(H,27,29)(H,28,30). The first-order valence-electron chi connectivity index (χ1n) is 10.8. The molecule has 0 spiro atoms. The first-order chi connectivity index (χ1) is 16.4. The van der Waals surface area contributed by atoms with Gasteiger partial charge in [-0.25, -0.2) is 13.1 Å². The molecule has 0 aliphatic heterocycles. The number of sulfonamides is 1. The van der Waals surface area contributed by atoms with Crippen LogP contribution in [0.3, 0.4) is 0 Å². The summed E-state index contributed by atoms with van der Waals surface area (Å²) in [5.41, 5.74) is 6.50. The molecule has 0 aliphatic rings. The fourth-order valence-electron chi connectivity index (χ4n) is 3.18. The molecule has 0 unspecified atom stereocenters. The van der Waals surface area contributed by atoms with Crippen LogP contribution in [-0.2, 0) is 27.8 Å². The van der Waals surface area contributed by atoms with Crippen molar-refractivity contribution in [3.05, 3.63) is 95.6 Å². The summed E-state index contributed by atoms with van der Waals surface area (Å²) < 4.78 is 33.3. The third-order valence-electron chi connectivity index (χ3n) is 4.92. The Balaban J connectivity index is 1.54. The molecule has 0 atom stereocenters. The summed E-state index contributed by atoms with van der Waals surface area (Å²) in [5.74, 6) is -0.281. The number of rotatable bonds is 10. The van der Waals surface area contributed by atoms with Gasteiger partial charge in [0, 0.05) is 18.5 Å². The SMILES string of the molecule is CCOc1ccccc1CCC(=O)NNC(=O)c1cccc(S(=O)(=O)NCc2ccccc2)c1. The van der Waals surface area contributed by atoms with Crippen LogP contribution < -0.4 is 20.3 Å². The molecular weight excluding hydrogens is 454 g/mol. The van der Waals surface area contributed by atoms with Crippen molar-refractivity contribution in [2.75, 3.05) is 6.61 Å². The van der Waals surface area contributed by atoms with Crippen LogP contribution in [-0.4, -0.2) is 26.8 Å². The lowest BCUT2D eigenvalue weighted by atomic mass is 10.1. The van der Waals surface area contributed by atoms with Crippen LogP contribution in [0.15, 0.2) is 83.8 Å². The summed E-state index contributed by atoms with van der Waals surface area (Å²) in [7, 11) is -3.82. The van der Waals surface area contributed by atoms with Crippen LogP contribution >= 0.6 is 0 Å². The Morgan fingerprint density at radius 1 is 0.882 bits per heavy atom. The van der Waals surface area contributed by atoms with Gasteiger partial charge in [0.05, 0.1) is 11.5 Å². The van der Waals surface area contributed by atoms with E-state index < -0.39 is 15.9 Å². The number of aryl methyl sites for hydroxylation is 1. The number of nitrogens with one attached hydrogen (secondary N) is 3. The van der Waals surface area contributed by atoms with Gasteiger partial charge in [-0.2, -0.15) is 0 Å². The molecule has 0 aliphatic carbocycles. The smallest absolute Gasteiger partial charge is 0.269 e. The Hall–Kier alpha value is -3.69. The van der Waals surface area contributed by atoms with Crippen molar-refractivity contribution in [3.8, 4) is 5.75 Å². The second-order valence-electron chi connectivity index (χ2n) is 7.38. The van der Waals surface area contributed by atoms with Crippen molar-refractivity contribution in [2.45, 2.75) is 31.2 Å². The van der Waals surface area contributed by atoms with Gasteiger partial charge in [0.2, 0.25) is 15.9 Å². The molecule has 3 aromatic carbocycles. The molecule has 0 fully saturated rings. The largest absolute Gasteiger partial charge is 0.494 e. The Labute approximate surface area is 199 Å². The lowest BCUT2D eigenvalue weighted by Gasteiger charge is -2.11. The summed E-state index contributed by atoms with van der Waals surface area (Å²) in [6.45, 7) is 2.54. The number of para-hydroxylation sites is 1. The monoisotopic (exact) mass is 481 g/mol. The van der Waals surface area contributed by atoms with E-state index in [0.29, 0.717) is 13.0 Å². The second kappa shape index (κ2) is 12.0. The van der Waals surface area contributed by atoms with Gasteiger partial charge in [-0.3, -0.25) is 20.4 Å². The van der Waals surface area contributed by atoms with Crippen LogP contribution in [0.4, 0.5) is 0 Å². The van der Waals surface area contributed by atoms with Crippen molar-refractivity contribution in [2.24, 2.45) is 0 Å². The number of carbonyl (C=O) groups is 2. The van der Waals surface area contributed by atoms with E-state index >= 15 is 0 Å². The average molecular weight is 482 g/mol. The Bertz CT molecular complexity index is 1230. The van der Waals surface area contributed by atoms with Crippen molar-refractivity contribution in [1.29, 1.82) is 0 Å². The molecule has 3 N–H and O–H groups in total. The number of ether oxygens (including phenoxy) is 1. The van der Waals surface area contributed by atoms with Gasteiger partial charge >= 0.3 is 0 Å². The molecule has 0 heterocycles. The van der Waals surface area contributed by atoms with Crippen LogP contribution in [0.2, 0.25) is 0 Å². The van der Waals surface area contributed by atoms with E-state index in [2.05, 4.69) is 15.6 Å². The van der Waals surface area contributed by atoms with Gasteiger partial charge in [0.1, 0.15) is 5.75 Å². The van der Waals surface area contributed by atoms with Gasteiger partial charge in [0.15, 0.2) is 0 Å². The summed E-state index contributed by atoms with van der Waals surface area (Å²) >= 11 is 0. The van der Waals surface area contributed by atoms with E-state index in [-0.39, 0.29) is 29.3 Å². The first-order valence-corrected chi connectivity index (χ1v) is 12.3. The highest BCUT2D eigenvalue weighted by Gasteiger charge is 2.16. The summed E-state index contributed by atoms with van der Waals surface area (Å²) in [4.78, 5) is 24.6. The molecule has 178 valence electrons. The number of hydrazine groups is 1. The summed E-state index contributed by atoms with van der Waals surface area (Å²) in [6.07, 6.45) is 0.584. The quantitative estimate of drug-likeness (QED) is 0.385. The molecule has 0 saturated carbocycles. The highest BCUT2D eigenvalue weighted by Crippen LogP contribution is 2.19. The molecule has 0 saturated heterocycles. The van der Waals surface area contributed by atoms with E-state index in [1.54, 1.807) is 0 Å². The normalized spacial score (nSPS) is 11.0. The molecule has 0 aromatic heterocycles. The minimum atomic E-state index is -3.82. The van der Waals surface area contributed by atoms with Gasteiger partial charge in [-0.05, 0) is 48.7 Å². The lowest BCUT2D eigenvalue weighted by Crippen LogP contribution is -2.41. The molecule has 2 amide bonds. The highest BCUT2D eigenvalue weighted by molar-refractivity contribution is 7.89. The Morgan fingerprint density at radius 3 is 2.38 bits per heavy atom. The van der Waals surface area contributed by atoms with Crippen molar-refractivity contribution in [3.63, 3.8) is 0 Å². The van der Waals surface area contributed by atoms with E-state index in [1.807, 2.05) is 61.5 Å². The number of amides is 2. The zero-order valence-corrected chi connectivity index (χ0v) is 19.6. The maximum Gasteiger partial charge on any atom is 0.269 e. The topological polar surface area (TPSA) is 114 Å². The minimum absolute atomic E-state index is 0.0464. The van der Waals surface area contributed by atoms with Gasteiger partial charge in [0.25, 0.3) is 5.91 Å². The van der Waals surface area contributed by atoms with Crippen LogP contribution in [0.25, 0.3) is 0 Å². The number of hydrogen-bond acceptors (Lipinski definition) is 5. The fourth-order valence-corrected chi connectivity index (χ4v) is 4.24. The van der Waals surface area contributed by atoms with Crippen LogP contribution in [0, 0.1) is 0 Å². The van der Waals surface area contributed by atoms with Gasteiger partial charge < -0.3 is 4.74 Å². The predicted molar refractivity (Wildman–Crippen MR) is 128 cm³/mol. The second-order valence-corrected chi connectivity index (χ2v) is 9.15. The maximum atomic E-state index is 12.6. The highest BCUT2D eigenvalue weighted by atomic mass is 32.2. The fraction of sp³-hybridized carbons (Fsp3) is 0.200. The van der Waals surface area contributed by atoms with Gasteiger partial charge in [-0.1, -0.05) is 54.6 Å². The third-order valence-corrected chi connectivity index (χ3v) is 6.32. The maximum absolute atomic E-state index is 12.6. The van der Waals surface area contributed by atoms with Crippen molar-refractivity contribution in [1.82, 2.24) is 15.6 Å². The van der Waals surface area contributed by atoms with Gasteiger partial charge in [-0.15, -0.1) is 0 Å². The van der Waals surface area contributed by atoms with Crippen molar-refractivity contribution >= 4 is 21.8 Å². The molecule has 0 radical (unpaired) electrons. The zero-order chi connectivity index (χ0) is 24.4. The minimum Gasteiger partial charge on any atom is -0.494 e. The third kappa shape index (κ3) is 7.16. The molecule has 3 aromatic rings. The molecular formula is C25H27N3O5S. The van der Waals surface area contributed by atoms with E-state index in [1.165, 1.54) is 24.3 Å². The zero-order valence-electron chi connectivity index (χ0n) is 18.8. The first kappa shape index (κ1) is 24.9. The van der Waals surface area contributed by atoms with Crippen LogP contribution in [0.1, 0.15) is 34.8 Å². The Morgan fingerprint density at radius 2 is 1.62 bits per heavy atom. The van der Waals surface area contributed by atoms with E-state index in [9.17, 15) is 18.0 Å². The molecule has 8 nitrogen and oxygen atoms in total. The van der Waals surface area contributed by atoms with Crippen molar-refractivity contribution < 1.29 is 22.7 Å².